The molecule has 16 heavy (non-hydrogen) atoms. The van der Waals surface area contributed by atoms with Gasteiger partial charge in [-0.05, 0) is 25.5 Å². The van der Waals surface area contributed by atoms with Crippen molar-refractivity contribution in [1.29, 1.82) is 0 Å². The Morgan fingerprint density at radius 2 is 2.19 bits per heavy atom. The fourth-order valence-corrected chi connectivity index (χ4v) is 1.39. The highest BCUT2D eigenvalue weighted by Crippen LogP contribution is 2.06. The molecule has 86 valence electrons. The average Bonchev–Trinajstić information content (AvgIpc) is 2.26. The number of unbranched alkanes of at least 4 members (excludes halogenated alkanes) is 1. The number of nitrogens with two attached hydrogens (primary N) is 1. The van der Waals surface area contributed by atoms with E-state index in [0.29, 0.717) is 17.8 Å². The van der Waals surface area contributed by atoms with Crippen LogP contribution in [-0.2, 0) is 0 Å². The van der Waals surface area contributed by atoms with Gasteiger partial charge in [-0.1, -0.05) is 31.0 Å². The van der Waals surface area contributed by atoms with Crippen LogP contribution in [0.4, 0.5) is 0 Å². The largest absolute Gasteiger partial charge is 0.387 e. The maximum absolute atomic E-state index is 11.7. The third kappa shape index (κ3) is 3.85. The Morgan fingerprint density at radius 3 is 2.81 bits per heavy atom. The van der Waals surface area contributed by atoms with Crippen LogP contribution in [0.25, 0.3) is 0 Å². The molecule has 0 fully saturated rings. The van der Waals surface area contributed by atoms with Gasteiger partial charge in [0.25, 0.3) is 5.91 Å². The lowest BCUT2D eigenvalue weighted by atomic mass is 10.1. The second-order valence-electron chi connectivity index (χ2n) is 3.88. The molecule has 0 saturated carbocycles. The lowest BCUT2D eigenvalue weighted by molar-refractivity contribution is 0.100. The monoisotopic (exact) mass is 218 g/mol. The summed E-state index contributed by atoms with van der Waals surface area (Å²) in [6.45, 7) is 4.02. The minimum Gasteiger partial charge on any atom is -0.387 e. The Labute approximate surface area is 96.4 Å². The number of nitrogens with zero attached hydrogens (tertiary/aromatic N) is 1. The predicted octanol–water partition coefficient (Wildman–Crippen LogP) is 2.68. The summed E-state index contributed by atoms with van der Waals surface area (Å²) in [4.78, 5) is 15.6. The molecule has 3 heteroatoms. The summed E-state index contributed by atoms with van der Waals surface area (Å²) in [5.41, 5.74) is 7.31. The molecule has 0 bridgehead atoms. The minimum atomic E-state index is -0.252. The van der Waals surface area contributed by atoms with Gasteiger partial charge in [0, 0.05) is 12.0 Å². The van der Waals surface area contributed by atoms with E-state index >= 15 is 0 Å². The van der Waals surface area contributed by atoms with Crippen LogP contribution in [0.15, 0.2) is 29.3 Å². The highest BCUT2D eigenvalue weighted by Gasteiger charge is 2.04. The summed E-state index contributed by atoms with van der Waals surface area (Å²) in [6, 6.07) is 7.37. The third-order valence-corrected chi connectivity index (χ3v) is 2.30. The number of carbonyl (C=O) groups excluding carboxylic acids is 1. The van der Waals surface area contributed by atoms with E-state index in [0.717, 1.165) is 18.4 Å². The smallest absolute Gasteiger partial charge is 0.278 e. The van der Waals surface area contributed by atoms with Crippen molar-refractivity contribution in [3.8, 4) is 0 Å². The van der Waals surface area contributed by atoms with Crippen LogP contribution < -0.4 is 5.73 Å². The molecule has 0 heterocycles. The highest BCUT2D eigenvalue weighted by atomic mass is 16.1. The minimum absolute atomic E-state index is 0.252. The van der Waals surface area contributed by atoms with E-state index < -0.39 is 0 Å². The van der Waals surface area contributed by atoms with Crippen LogP contribution >= 0.6 is 0 Å². The number of hydrogen-bond acceptors (Lipinski definition) is 1. The SMILES string of the molecule is CCCCC(N)=NC(=O)c1cccc(C)c1. The number of amides is 1. The quantitative estimate of drug-likeness (QED) is 0.624. The van der Waals surface area contributed by atoms with Crippen LogP contribution in [-0.4, -0.2) is 11.7 Å². The van der Waals surface area contributed by atoms with E-state index in [1.165, 1.54) is 0 Å². The molecule has 0 aliphatic heterocycles. The van der Waals surface area contributed by atoms with Gasteiger partial charge in [0.15, 0.2) is 0 Å². The Morgan fingerprint density at radius 1 is 1.44 bits per heavy atom. The number of benzene rings is 1. The maximum atomic E-state index is 11.7. The molecular formula is C13H18N2O. The molecule has 0 radical (unpaired) electrons. The molecule has 3 nitrogen and oxygen atoms in total. The fourth-order valence-electron chi connectivity index (χ4n) is 1.39. The molecule has 1 amide bonds. The second kappa shape index (κ2) is 6.05. The summed E-state index contributed by atoms with van der Waals surface area (Å²) in [7, 11) is 0. The molecule has 0 aliphatic carbocycles. The zero-order chi connectivity index (χ0) is 12.0. The predicted molar refractivity (Wildman–Crippen MR) is 66.7 cm³/mol. The Kier molecular flexibility index (Phi) is 4.70. The highest BCUT2D eigenvalue weighted by molar-refractivity contribution is 6.02. The zero-order valence-electron chi connectivity index (χ0n) is 9.86. The molecule has 0 aliphatic rings. The zero-order valence-corrected chi connectivity index (χ0v) is 9.86. The second-order valence-corrected chi connectivity index (χ2v) is 3.88. The number of amidine groups is 1. The van der Waals surface area contributed by atoms with E-state index in [1.54, 1.807) is 6.07 Å². The molecule has 0 unspecified atom stereocenters. The van der Waals surface area contributed by atoms with Crippen molar-refractivity contribution in [2.45, 2.75) is 33.1 Å². The van der Waals surface area contributed by atoms with Crippen LogP contribution in [0, 0.1) is 6.92 Å². The first-order valence-electron chi connectivity index (χ1n) is 5.57. The molecule has 0 atom stereocenters. The van der Waals surface area contributed by atoms with Crippen LogP contribution in [0.1, 0.15) is 42.1 Å². The van der Waals surface area contributed by atoms with Crippen molar-refractivity contribution < 1.29 is 4.79 Å². The van der Waals surface area contributed by atoms with Crippen molar-refractivity contribution in [1.82, 2.24) is 0 Å². The molecule has 2 N–H and O–H groups in total. The van der Waals surface area contributed by atoms with Gasteiger partial charge in [0.2, 0.25) is 0 Å². The fraction of sp³-hybridized carbons (Fsp3) is 0.385. The van der Waals surface area contributed by atoms with Crippen molar-refractivity contribution in [2.75, 3.05) is 0 Å². The summed E-state index contributed by atoms with van der Waals surface area (Å²) >= 11 is 0. The molecule has 0 saturated heterocycles. The first kappa shape index (κ1) is 12.4. The maximum Gasteiger partial charge on any atom is 0.278 e. The molecule has 0 spiro atoms. The van der Waals surface area contributed by atoms with Gasteiger partial charge in [0.05, 0.1) is 0 Å². The average molecular weight is 218 g/mol. The number of aliphatic imine (C=N–C) groups is 1. The summed E-state index contributed by atoms with van der Waals surface area (Å²) in [5, 5.41) is 0. The van der Waals surface area contributed by atoms with Crippen molar-refractivity contribution in [3.05, 3.63) is 35.4 Å². The molecule has 0 aromatic heterocycles. The van der Waals surface area contributed by atoms with E-state index in [2.05, 4.69) is 11.9 Å². The summed E-state index contributed by atoms with van der Waals surface area (Å²) < 4.78 is 0. The lowest BCUT2D eigenvalue weighted by Crippen LogP contribution is -2.14. The van der Waals surface area contributed by atoms with Crippen molar-refractivity contribution in [3.63, 3.8) is 0 Å². The summed E-state index contributed by atoms with van der Waals surface area (Å²) in [6.07, 6.45) is 2.71. The lowest BCUT2D eigenvalue weighted by Gasteiger charge is -2.00. The van der Waals surface area contributed by atoms with Gasteiger partial charge in [-0.3, -0.25) is 4.79 Å². The van der Waals surface area contributed by atoms with E-state index in [-0.39, 0.29) is 5.91 Å². The van der Waals surface area contributed by atoms with Crippen LogP contribution in [0.3, 0.4) is 0 Å². The number of carbonyl (C=O) groups is 1. The molecular weight excluding hydrogens is 200 g/mol. The van der Waals surface area contributed by atoms with E-state index in [1.807, 2.05) is 25.1 Å². The molecule has 1 aromatic carbocycles. The van der Waals surface area contributed by atoms with Gasteiger partial charge in [-0.15, -0.1) is 0 Å². The molecule has 1 rings (SSSR count). The first-order chi connectivity index (χ1) is 7.63. The van der Waals surface area contributed by atoms with Crippen LogP contribution in [0.2, 0.25) is 0 Å². The standard InChI is InChI=1S/C13H18N2O/c1-3-4-8-12(14)15-13(16)11-7-5-6-10(2)9-11/h5-7,9H,3-4,8H2,1-2H3,(H2,14,15,16). The van der Waals surface area contributed by atoms with Gasteiger partial charge in [-0.25, -0.2) is 0 Å². The van der Waals surface area contributed by atoms with E-state index in [4.69, 9.17) is 5.73 Å². The number of rotatable bonds is 4. The van der Waals surface area contributed by atoms with E-state index in [9.17, 15) is 4.79 Å². The van der Waals surface area contributed by atoms with Crippen LogP contribution in [0.5, 0.6) is 0 Å². The Hall–Kier alpha value is -1.64. The molecule has 1 aromatic rings. The van der Waals surface area contributed by atoms with Gasteiger partial charge in [0.1, 0.15) is 5.84 Å². The summed E-state index contributed by atoms with van der Waals surface area (Å²) in [5.74, 6) is 0.172. The third-order valence-electron chi connectivity index (χ3n) is 2.30. The van der Waals surface area contributed by atoms with Gasteiger partial charge >= 0.3 is 0 Å². The van der Waals surface area contributed by atoms with Crippen molar-refractivity contribution >= 4 is 11.7 Å². The first-order valence-corrected chi connectivity index (χ1v) is 5.57. The van der Waals surface area contributed by atoms with Gasteiger partial charge < -0.3 is 5.73 Å². The van der Waals surface area contributed by atoms with Gasteiger partial charge in [-0.2, -0.15) is 4.99 Å². The van der Waals surface area contributed by atoms with Crippen molar-refractivity contribution in [2.24, 2.45) is 10.7 Å². The topological polar surface area (TPSA) is 55.4 Å². The number of hydrogen-bond donors (Lipinski definition) is 1. The number of aryl methyl sites for hydroxylation is 1. The Bertz CT molecular complexity index is 397. The Balaban J connectivity index is 2.71. The normalized spacial score (nSPS) is 11.5.